The van der Waals surface area contributed by atoms with Gasteiger partial charge in [-0.15, -0.1) is 11.3 Å². The van der Waals surface area contributed by atoms with E-state index in [1.807, 2.05) is 30.3 Å². The van der Waals surface area contributed by atoms with Gasteiger partial charge in [0, 0.05) is 17.8 Å². The van der Waals surface area contributed by atoms with Gasteiger partial charge in [-0.05, 0) is 17.0 Å². The summed E-state index contributed by atoms with van der Waals surface area (Å²) in [5.74, 6) is 0. The molecule has 0 spiro atoms. The first-order valence-corrected chi connectivity index (χ1v) is 8.69. The maximum absolute atomic E-state index is 12.0. The third kappa shape index (κ3) is 4.18. The van der Waals surface area contributed by atoms with Crippen LogP contribution in [0.4, 0.5) is 9.80 Å². The number of carbonyl (C=O) groups is 1. The fourth-order valence-electron chi connectivity index (χ4n) is 2.35. The zero-order valence-electron chi connectivity index (χ0n) is 13.7. The molecule has 1 amide bonds. The second kappa shape index (κ2) is 8.14. The average Bonchev–Trinajstić information content (AvgIpc) is 3.04. The first-order chi connectivity index (χ1) is 12.7. The third-order valence-electron chi connectivity index (χ3n) is 3.65. The van der Waals surface area contributed by atoms with Crippen molar-refractivity contribution in [2.75, 3.05) is 5.32 Å². The predicted octanol–water partition coefficient (Wildman–Crippen LogP) is 3.58. The minimum atomic E-state index is -0.629. The molecule has 0 fully saturated rings. The number of nitrogens with zero attached hydrogens (tertiary/aromatic N) is 2. The van der Waals surface area contributed by atoms with Gasteiger partial charge < -0.3 is 9.30 Å². The Labute approximate surface area is 153 Å². The molecule has 0 saturated carbocycles. The molecule has 0 aliphatic rings. The first kappa shape index (κ1) is 17.5. The maximum Gasteiger partial charge on any atom is 0.412 e. The van der Waals surface area contributed by atoms with Crippen LogP contribution in [0.25, 0.3) is 0 Å². The summed E-state index contributed by atoms with van der Waals surface area (Å²) in [6.45, 7) is 0.409. The van der Waals surface area contributed by atoms with Crippen LogP contribution >= 0.6 is 11.3 Å². The highest BCUT2D eigenvalue weighted by molar-refractivity contribution is 7.14. The van der Waals surface area contributed by atoms with E-state index in [1.54, 1.807) is 23.7 Å². The number of hydrogen-bond acceptors (Lipinski definition) is 5. The van der Waals surface area contributed by atoms with Gasteiger partial charge in [0.05, 0.1) is 12.1 Å². The highest BCUT2D eigenvalue weighted by atomic mass is 32.1. The lowest BCUT2D eigenvalue weighted by molar-refractivity contribution is 0.155. The maximum atomic E-state index is 12.0. The van der Waals surface area contributed by atoms with E-state index in [0.717, 1.165) is 5.56 Å². The topological polar surface area (TPSA) is 84.1 Å². The molecule has 0 atom stereocenters. The zero-order valence-corrected chi connectivity index (χ0v) is 14.5. The number of thiophene rings is 1. The van der Waals surface area contributed by atoms with Crippen molar-refractivity contribution in [1.82, 2.24) is 4.57 Å². The molecular weight excluding hydrogens is 350 g/mol. The molecular formula is C19H15N3O3S. The molecule has 2 aromatic heterocycles. The van der Waals surface area contributed by atoms with Crippen LogP contribution in [0.3, 0.4) is 0 Å². The first-order valence-electron chi connectivity index (χ1n) is 7.81. The Morgan fingerprint density at radius 1 is 1.19 bits per heavy atom. The second-order valence-electron chi connectivity index (χ2n) is 5.43. The smallest absolute Gasteiger partial charge is 0.412 e. The molecule has 0 radical (unpaired) electrons. The van der Waals surface area contributed by atoms with Gasteiger partial charge in [-0.2, -0.15) is 5.26 Å². The zero-order chi connectivity index (χ0) is 18.4. The van der Waals surface area contributed by atoms with Gasteiger partial charge in [0.15, 0.2) is 0 Å². The minimum Gasteiger partial charge on any atom is -0.444 e. The Bertz CT molecular complexity index is 1000. The Kier molecular flexibility index (Phi) is 5.46. The number of nitriles is 1. The molecule has 2 heterocycles. The van der Waals surface area contributed by atoms with E-state index >= 15 is 0 Å². The van der Waals surface area contributed by atoms with Crippen molar-refractivity contribution in [2.45, 2.75) is 13.2 Å². The van der Waals surface area contributed by atoms with E-state index in [1.165, 1.54) is 22.0 Å². The molecule has 0 aliphatic carbocycles. The number of ether oxygens (including phenoxy) is 1. The van der Waals surface area contributed by atoms with E-state index in [2.05, 4.69) is 11.4 Å². The summed E-state index contributed by atoms with van der Waals surface area (Å²) in [6.07, 6.45) is 1.03. The predicted molar refractivity (Wildman–Crippen MR) is 99.1 cm³/mol. The Morgan fingerprint density at radius 2 is 1.96 bits per heavy atom. The summed E-state index contributed by atoms with van der Waals surface area (Å²) >= 11 is 1.23. The number of rotatable bonds is 5. The van der Waals surface area contributed by atoms with E-state index in [4.69, 9.17) is 4.74 Å². The van der Waals surface area contributed by atoms with Crippen molar-refractivity contribution < 1.29 is 9.53 Å². The highest BCUT2D eigenvalue weighted by Crippen LogP contribution is 2.28. The lowest BCUT2D eigenvalue weighted by Crippen LogP contribution is -2.18. The summed E-state index contributed by atoms with van der Waals surface area (Å²) < 4.78 is 6.67. The number of amides is 1. The Balaban J connectivity index is 1.68. The molecule has 1 aromatic carbocycles. The summed E-state index contributed by atoms with van der Waals surface area (Å²) in [5.41, 5.74) is 1.73. The van der Waals surface area contributed by atoms with Crippen molar-refractivity contribution in [3.63, 3.8) is 0 Å². The molecule has 26 heavy (non-hydrogen) atoms. The largest absolute Gasteiger partial charge is 0.444 e. The van der Waals surface area contributed by atoms with Crippen LogP contribution in [0.5, 0.6) is 0 Å². The number of aromatic nitrogens is 1. The number of nitrogens with one attached hydrogen (secondary N) is 1. The van der Waals surface area contributed by atoms with Gasteiger partial charge in [0.1, 0.15) is 17.7 Å². The van der Waals surface area contributed by atoms with E-state index < -0.39 is 6.09 Å². The van der Waals surface area contributed by atoms with Gasteiger partial charge in [-0.3, -0.25) is 10.1 Å². The van der Waals surface area contributed by atoms with Gasteiger partial charge in [0.25, 0.3) is 5.56 Å². The molecule has 0 unspecified atom stereocenters. The monoisotopic (exact) mass is 365 g/mol. The number of benzene rings is 1. The Hall–Kier alpha value is -3.37. The van der Waals surface area contributed by atoms with Gasteiger partial charge in [0.2, 0.25) is 0 Å². The van der Waals surface area contributed by atoms with Crippen LogP contribution < -0.4 is 10.9 Å². The molecule has 3 rings (SSSR count). The molecule has 1 N–H and O–H groups in total. The molecule has 0 bridgehead atoms. The highest BCUT2D eigenvalue weighted by Gasteiger charge is 2.15. The second-order valence-corrected chi connectivity index (χ2v) is 6.31. The molecule has 7 heteroatoms. The van der Waals surface area contributed by atoms with Crippen LogP contribution in [-0.4, -0.2) is 10.7 Å². The van der Waals surface area contributed by atoms with Crippen molar-refractivity contribution in [2.24, 2.45) is 0 Å². The van der Waals surface area contributed by atoms with Crippen LogP contribution in [0.1, 0.15) is 16.7 Å². The van der Waals surface area contributed by atoms with Gasteiger partial charge >= 0.3 is 6.09 Å². The Morgan fingerprint density at radius 3 is 2.69 bits per heavy atom. The summed E-state index contributed by atoms with van der Waals surface area (Å²) in [5, 5.41) is 14.2. The lowest BCUT2D eigenvalue weighted by Gasteiger charge is -2.07. The summed E-state index contributed by atoms with van der Waals surface area (Å²) in [7, 11) is 0. The van der Waals surface area contributed by atoms with Gasteiger partial charge in [-0.25, -0.2) is 4.79 Å². The molecule has 0 saturated heterocycles. The van der Waals surface area contributed by atoms with Crippen molar-refractivity contribution in [3.8, 4) is 6.07 Å². The normalized spacial score (nSPS) is 10.1. The minimum absolute atomic E-state index is 0.145. The van der Waals surface area contributed by atoms with E-state index in [9.17, 15) is 14.9 Å². The number of pyridine rings is 1. The van der Waals surface area contributed by atoms with Crippen LogP contribution in [0, 0.1) is 11.3 Å². The quantitative estimate of drug-likeness (QED) is 0.749. The fourth-order valence-corrected chi connectivity index (χ4v) is 3.24. The molecule has 0 aliphatic heterocycles. The average molecular weight is 365 g/mol. The molecule has 3 aromatic rings. The number of anilines is 1. The number of carbonyl (C=O) groups excluding carboxylic acids is 1. The van der Waals surface area contributed by atoms with Crippen LogP contribution in [0.2, 0.25) is 0 Å². The molecule has 130 valence electrons. The number of hydrogen-bond donors (Lipinski definition) is 1. The standard InChI is InChI=1S/C19H15N3O3S/c20-10-16-15(11-22-9-5-4-8-17(22)23)13-26-18(16)21-19(24)25-12-14-6-2-1-3-7-14/h1-9,13H,11-12H2,(H,21,24). The van der Waals surface area contributed by atoms with Crippen LogP contribution in [0.15, 0.2) is 64.9 Å². The molecule has 6 nitrogen and oxygen atoms in total. The third-order valence-corrected chi connectivity index (χ3v) is 4.59. The fraction of sp³-hybridized carbons (Fsp3) is 0.105. The lowest BCUT2D eigenvalue weighted by atomic mass is 10.2. The van der Waals surface area contributed by atoms with Gasteiger partial charge in [-0.1, -0.05) is 36.4 Å². The SMILES string of the molecule is N#Cc1c(Cn2ccccc2=O)csc1NC(=O)OCc1ccccc1. The van der Waals surface area contributed by atoms with Crippen molar-refractivity contribution >= 4 is 22.4 Å². The van der Waals surface area contributed by atoms with E-state index in [-0.39, 0.29) is 18.7 Å². The summed E-state index contributed by atoms with van der Waals surface area (Å²) in [4.78, 5) is 23.8. The van der Waals surface area contributed by atoms with Crippen molar-refractivity contribution in [1.29, 1.82) is 5.26 Å². The van der Waals surface area contributed by atoms with Crippen molar-refractivity contribution in [3.05, 3.63) is 87.2 Å². The van der Waals surface area contributed by atoms with E-state index in [0.29, 0.717) is 16.1 Å². The van der Waals surface area contributed by atoms with Crippen LogP contribution in [-0.2, 0) is 17.9 Å². The summed E-state index contributed by atoms with van der Waals surface area (Å²) in [6, 6.07) is 16.3.